The smallest absolute Gasteiger partial charge is 0.252 e. The minimum atomic E-state index is -0.456. The summed E-state index contributed by atoms with van der Waals surface area (Å²) in [6, 6.07) is 8.79. The Hall–Kier alpha value is -1.82. The van der Waals surface area contributed by atoms with Crippen LogP contribution in [-0.2, 0) is 0 Å². The van der Waals surface area contributed by atoms with Gasteiger partial charge in [0, 0.05) is 5.56 Å². The highest BCUT2D eigenvalue weighted by Crippen LogP contribution is 2.06. The molecule has 1 atom stereocenters. The minimum Gasteiger partial charge on any atom is -0.337 e. The summed E-state index contributed by atoms with van der Waals surface area (Å²) >= 11 is 0. The molecule has 0 bridgehead atoms. The zero-order valence-electron chi connectivity index (χ0n) is 8.24. The number of nitrogens with one attached hydrogen (secondary N) is 1. The molecule has 3 nitrogen and oxygen atoms in total. The van der Waals surface area contributed by atoms with Gasteiger partial charge < -0.3 is 5.32 Å². The first-order valence-electron chi connectivity index (χ1n) is 4.41. The van der Waals surface area contributed by atoms with Gasteiger partial charge in [0.1, 0.15) is 6.04 Å². The highest BCUT2D eigenvalue weighted by atomic mass is 16.1. The van der Waals surface area contributed by atoms with E-state index in [0.717, 1.165) is 5.56 Å². The quantitative estimate of drug-likeness (QED) is 0.767. The van der Waals surface area contributed by atoms with E-state index in [-0.39, 0.29) is 5.91 Å². The summed E-state index contributed by atoms with van der Waals surface area (Å²) in [7, 11) is 0. The first-order chi connectivity index (χ1) is 6.65. The van der Waals surface area contributed by atoms with Gasteiger partial charge in [-0.05, 0) is 25.5 Å². The van der Waals surface area contributed by atoms with Crippen molar-refractivity contribution in [2.24, 2.45) is 0 Å². The minimum absolute atomic E-state index is 0.197. The highest BCUT2D eigenvalue weighted by Gasteiger charge is 2.10. The number of hydrogen-bond donors (Lipinski definition) is 1. The lowest BCUT2D eigenvalue weighted by atomic mass is 10.1. The van der Waals surface area contributed by atoms with E-state index in [9.17, 15) is 4.79 Å². The monoisotopic (exact) mass is 188 g/mol. The molecular weight excluding hydrogens is 176 g/mol. The van der Waals surface area contributed by atoms with Crippen LogP contribution in [0, 0.1) is 18.3 Å². The lowest BCUT2D eigenvalue weighted by molar-refractivity contribution is 0.0947. The molecule has 1 rings (SSSR count). The van der Waals surface area contributed by atoms with Crippen LogP contribution in [0.15, 0.2) is 24.3 Å². The van der Waals surface area contributed by atoms with Gasteiger partial charge in [-0.2, -0.15) is 5.26 Å². The highest BCUT2D eigenvalue weighted by molar-refractivity contribution is 5.95. The number of rotatable bonds is 2. The standard InChI is InChI=1S/C11H12N2O/c1-8-5-3-4-6-10(8)11(14)13-9(2)7-12/h3-6,9H,1-2H3,(H,13,14). The molecule has 0 aliphatic heterocycles. The van der Waals surface area contributed by atoms with Gasteiger partial charge in [-0.1, -0.05) is 18.2 Å². The van der Waals surface area contributed by atoms with Crippen molar-refractivity contribution in [1.29, 1.82) is 5.26 Å². The Morgan fingerprint density at radius 2 is 2.14 bits per heavy atom. The molecule has 0 aromatic heterocycles. The molecule has 0 spiro atoms. The number of carbonyl (C=O) groups excluding carboxylic acids is 1. The van der Waals surface area contributed by atoms with Gasteiger partial charge in [-0.3, -0.25) is 4.79 Å². The van der Waals surface area contributed by atoms with Crippen LogP contribution < -0.4 is 5.32 Å². The maximum atomic E-state index is 11.6. The van der Waals surface area contributed by atoms with Crippen LogP contribution in [0.4, 0.5) is 0 Å². The number of hydrogen-bond acceptors (Lipinski definition) is 2. The molecule has 3 heteroatoms. The molecule has 0 fully saturated rings. The summed E-state index contributed by atoms with van der Waals surface area (Å²) in [6.07, 6.45) is 0. The molecule has 1 aromatic carbocycles. The zero-order chi connectivity index (χ0) is 10.6. The first-order valence-corrected chi connectivity index (χ1v) is 4.41. The van der Waals surface area contributed by atoms with Gasteiger partial charge in [-0.25, -0.2) is 0 Å². The van der Waals surface area contributed by atoms with E-state index < -0.39 is 6.04 Å². The zero-order valence-corrected chi connectivity index (χ0v) is 8.24. The van der Waals surface area contributed by atoms with Crippen molar-refractivity contribution in [2.75, 3.05) is 0 Å². The molecular formula is C11H12N2O. The van der Waals surface area contributed by atoms with Gasteiger partial charge in [0.25, 0.3) is 5.91 Å². The van der Waals surface area contributed by atoms with Crippen LogP contribution in [0.2, 0.25) is 0 Å². The number of aryl methyl sites for hydroxylation is 1. The molecule has 72 valence electrons. The molecule has 14 heavy (non-hydrogen) atoms. The third-order valence-corrected chi connectivity index (χ3v) is 1.93. The molecule has 0 saturated carbocycles. The lowest BCUT2D eigenvalue weighted by Crippen LogP contribution is -2.31. The Morgan fingerprint density at radius 1 is 1.50 bits per heavy atom. The van der Waals surface area contributed by atoms with Crippen LogP contribution in [0.1, 0.15) is 22.8 Å². The maximum absolute atomic E-state index is 11.6. The predicted molar refractivity (Wildman–Crippen MR) is 53.7 cm³/mol. The second kappa shape index (κ2) is 4.43. The summed E-state index contributed by atoms with van der Waals surface area (Å²) in [5.74, 6) is -0.197. The van der Waals surface area contributed by atoms with Crippen molar-refractivity contribution in [2.45, 2.75) is 19.9 Å². The van der Waals surface area contributed by atoms with E-state index in [2.05, 4.69) is 5.32 Å². The van der Waals surface area contributed by atoms with Crippen molar-refractivity contribution in [3.8, 4) is 6.07 Å². The van der Waals surface area contributed by atoms with Crippen LogP contribution in [-0.4, -0.2) is 11.9 Å². The Labute approximate surface area is 83.4 Å². The summed E-state index contributed by atoms with van der Waals surface area (Å²) < 4.78 is 0. The molecule has 0 saturated heterocycles. The lowest BCUT2D eigenvalue weighted by Gasteiger charge is -2.07. The van der Waals surface area contributed by atoms with E-state index >= 15 is 0 Å². The Balaban J connectivity index is 2.81. The van der Waals surface area contributed by atoms with Crippen LogP contribution in [0.5, 0.6) is 0 Å². The average molecular weight is 188 g/mol. The number of nitrogens with zero attached hydrogens (tertiary/aromatic N) is 1. The van der Waals surface area contributed by atoms with Crippen molar-refractivity contribution in [3.05, 3.63) is 35.4 Å². The number of amides is 1. The second-order valence-electron chi connectivity index (χ2n) is 3.14. The molecule has 1 unspecified atom stereocenters. The van der Waals surface area contributed by atoms with Crippen LogP contribution >= 0.6 is 0 Å². The molecule has 0 aliphatic rings. The molecule has 1 N–H and O–H groups in total. The van der Waals surface area contributed by atoms with Crippen molar-refractivity contribution >= 4 is 5.91 Å². The van der Waals surface area contributed by atoms with Crippen LogP contribution in [0.3, 0.4) is 0 Å². The SMILES string of the molecule is Cc1ccccc1C(=O)NC(C)C#N. The van der Waals surface area contributed by atoms with Gasteiger partial charge in [0.05, 0.1) is 6.07 Å². The van der Waals surface area contributed by atoms with E-state index in [1.54, 1.807) is 19.1 Å². The van der Waals surface area contributed by atoms with Crippen molar-refractivity contribution in [3.63, 3.8) is 0 Å². The van der Waals surface area contributed by atoms with Gasteiger partial charge >= 0.3 is 0 Å². The first kappa shape index (κ1) is 10.3. The maximum Gasteiger partial charge on any atom is 0.252 e. The molecule has 1 aromatic rings. The molecule has 0 radical (unpaired) electrons. The summed E-state index contributed by atoms with van der Waals surface area (Å²) in [5.41, 5.74) is 1.53. The van der Waals surface area contributed by atoms with Crippen molar-refractivity contribution in [1.82, 2.24) is 5.32 Å². The summed E-state index contributed by atoms with van der Waals surface area (Å²) in [6.45, 7) is 3.52. The van der Waals surface area contributed by atoms with Gasteiger partial charge in [-0.15, -0.1) is 0 Å². The van der Waals surface area contributed by atoms with Gasteiger partial charge in [0.15, 0.2) is 0 Å². The summed E-state index contributed by atoms with van der Waals surface area (Å²) in [5, 5.41) is 11.1. The normalized spacial score (nSPS) is 11.5. The van der Waals surface area contributed by atoms with Gasteiger partial charge in [0.2, 0.25) is 0 Å². The van der Waals surface area contributed by atoms with E-state index in [1.165, 1.54) is 0 Å². The Bertz CT molecular complexity index is 379. The third kappa shape index (κ3) is 2.33. The van der Waals surface area contributed by atoms with Crippen LogP contribution in [0.25, 0.3) is 0 Å². The number of nitriles is 1. The fraction of sp³-hybridized carbons (Fsp3) is 0.273. The largest absolute Gasteiger partial charge is 0.337 e. The molecule has 0 aliphatic carbocycles. The number of benzene rings is 1. The average Bonchev–Trinajstić information content (AvgIpc) is 2.18. The van der Waals surface area contributed by atoms with E-state index in [4.69, 9.17) is 5.26 Å². The topological polar surface area (TPSA) is 52.9 Å². The Kier molecular flexibility index (Phi) is 3.24. The van der Waals surface area contributed by atoms with Crippen molar-refractivity contribution < 1.29 is 4.79 Å². The molecule has 0 heterocycles. The Morgan fingerprint density at radius 3 is 2.71 bits per heavy atom. The number of carbonyl (C=O) groups is 1. The fourth-order valence-corrected chi connectivity index (χ4v) is 1.13. The van der Waals surface area contributed by atoms with E-state index in [0.29, 0.717) is 5.56 Å². The van der Waals surface area contributed by atoms with E-state index in [1.807, 2.05) is 25.1 Å². The third-order valence-electron chi connectivity index (χ3n) is 1.93. The second-order valence-corrected chi connectivity index (χ2v) is 3.14. The fourth-order valence-electron chi connectivity index (χ4n) is 1.13. The molecule has 1 amide bonds. The summed E-state index contributed by atoms with van der Waals surface area (Å²) in [4.78, 5) is 11.6. The predicted octanol–water partition coefficient (Wildman–Crippen LogP) is 1.64.